The number of nitrogens with zero attached hydrogens (tertiary/aromatic N) is 2. The minimum Gasteiger partial charge on any atom is -0.469 e. The highest BCUT2D eigenvalue weighted by Gasteiger charge is 2.21. The lowest BCUT2D eigenvalue weighted by molar-refractivity contribution is 0.475. The maximum atomic E-state index is 5.87. The van der Waals surface area contributed by atoms with Crippen LogP contribution in [0.1, 0.15) is 24.2 Å². The first-order chi connectivity index (χ1) is 7.16. The van der Waals surface area contributed by atoms with E-state index in [9.17, 15) is 0 Å². The Labute approximate surface area is 89.8 Å². The van der Waals surface area contributed by atoms with Gasteiger partial charge in [-0.1, -0.05) is 0 Å². The molecule has 1 fully saturated rings. The highest BCUT2D eigenvalue weighted by Crippen LogP contribution is 2.23. The molecule has 0 saturated heterocycles. The summed E-state index contributed by atoms with van der Waals surface area (Å²) in [6.07, 6.45) is 4.06. The Kier molecular flexibility index (Phi) is 2.66. The molecule has 0 unspecified atom stereocenters. The Morgan fingerprint density at radius 1 is 1.67 bits per heavy atom. The van der Waals surface area contributed by atoms with E-state index < -0.39 is 0 Å². The van der Waals surface area contributed by atoms with Crippen molar-refractivity contribution >= 4 is 5.96 Å². The van der Waals surface area contributed by atoms with Gasteiger partial charge in [-0.05, 0) is 25.8 Å². The average Bonchev–Trinajstić information content (AvgIpc) is 2.92. The molecule has 1 aliphatic carbocycles. The van der Waals surface area contributed by atoms with Crippen LogP contribution < -0.4 is 5.73 Å². The van der Waals surface area contributed by atoms with E-state index in [2.05, 4.69) is 4.99 Å². The van der Waals surface area contributed by atoms with Crippen molar-refractivity contribution in [2.45, 2.75) is 32.4 Å². The monoisotopic (exact) mass is 207 g/mol. The van der Waals surface area contributed by atoms with Crippen LogP contribution in [0.5, 0.6) is 0 Å². The van der Waals surface area contributed by atoms with Crippen molar-refractivity contribution in [1.29, 1.82) is 0 Å². The van der Waals surface area contributed by atoms with Gasteiger partial charge >= 0.3 is 0 Å². The lowest BCUT2D eigenvalue weighted by Gasteiger charge is -2.17. The molecule has 1 aromatic rings. The maximum absolute atomic E-state index is 5.87. The van der Waals surface area contributed by atoms with E-state index in [1.54, 1.807) is 6.26 Å². The van der Waals surface area contributed by atoms with Gasteiger partial charge in [0.05, 0.1) is 12.3 Å². The summed E-state index contributed by atoms with van der Waals surface area (Å²) in [4.78, 5) is 6.34. The van der Waals surface area contributed by atoms with Crippen molar-refractivity contribution in [1.82, 2.24) is 4.90 Å². The summed E-state index contributed by atoms with van der Waals surface area (Å²) in [7, 11) is 1.95. The van der Waals surface area contributed by atoms with E-state index in [1.807, 2.05) is 24.9 Å². The van der Waals surface area contributed by atoms with Crippen molar-refractivity contribution in [3.05, 3.63) is 23.7 Å². The van der Waals surface area contributed by atoms with Crippen LogP contribution in [0.2, 0.25) is 0 Å². The van der Waals surface area contributed by atoms with Crippen molar-refractivity contribution in [2.75, 3.05) is 7.05 Å². The molecule has 0 amide bonds. The minimum absolute atomic E-state index is 0.470. The second-order valence-corrected chi connectivity index (χ2v) is 4.08. The molecule has 0 spiro atoms. The molecule has 0 aromatic carbocycles. The van der Waals surface area contributed by atoms with Crippen LogP contribution in [0.25, 0.3) is 0 Å². The molecule has 1 aliphatic rings. The zero-order chi connectivity index (χ0) is 10.8. The van der Waals surface area contributed by atoms with Gasteiger partial charge in [-0.15, -0.1) is 0 Å². The summed E-state index contributed by atoms with van der Waals surface area (Å²) in [6, 6.07) is 2.44. The normalized spacial score (nSPS) is 16.8. The van der Waals surface area contributed by atoms with Crippen molar-refractivity contribution in [3.63, 3.8) is 0 Å². The Morgan fingerprint density at radius 2 is 2.40 bits per heavy atom. The standard InChI is InChI=1S/C11H17N3O/c1-8-9(5-6-15-8)7-14(2)11(12)13-10-3-4-10/h5-6,10H,3-4,7H2,1-2H3,(H2,12,13). The van der Waals surface area contributed by atoms with Crippen LogP contribution in [0.3, 0.4) is 0 Å². The smallest absolute Gasteiger partial charge is 0.191 e. The number of hydrogen-bond donors (Lipinski definition) is 1. The van der Waals surface area contributed by atoms with E-state index >= 15 is 0 Å². The number of aliphatic imine (C=N–C) groups is 1. The first kappa shape index (κ1) is 10.1. The van der Waals surface area contributed by atoms with Crippen molar-refractivity contribution < 1.29 is 4.42 Å². The second-order valence-electron chi connectivity index (χ2n) is 4.08. The predicted octanol–water partition coefficient (Wildman–Crippen LogP) is 1.50. The van der Waals surface area contributed by atoms with Gasteiger partial charge in [0.15, 0.2) is 5.96 Å². The van der Waals surface area contributed by atoms with E-state index in [1.165, 1.54) is 12.8 Å². The van der Waals surface area contributed by atoms with Gasteiger partial charge < -0.3 is 15.1 Å². The molecular weight excluding hydrogens is 190 g/mol. The van der Waals surface area contributed by atoms with E-state index in [4.69, 9.17) is 10.2 Å². The molecule has 0 atom stereocenters. The zero-order valence-corrected chi connectivity index (χ0v) is 9.23. The molecule has 1 saturated carbocycles. The van der Waals surface area contributed by atoms with Crippen LogP contribution in [0.15, 0.2) is 21.7 Å². The van der Waals surface area contributed by atoms with Crippen LogP contribution in [-0.2, 0) is 6.54 Å². The van der Waals surface area contributed by atoms with E-state index in [-0.39, 0.29) is 0 Å². The van der Waals surface area contributed by atoms with Crippen molar-refractivity contribution in [2.24, 2.45) is 10.7 Å². The van der Waals surface area contributed by atoms with Gasteiger partial charge in [0, 0.05) is 19.2 Å². The Hall–Kier alpha value is -1.45. The molecule has 82 valence electrons. The predicted molar refractivity (Wildman–Crippen MR) is 59.6 cm³/mol. The van der Waals surface area contributed by atoms with Gasteiger partial charge in [0.1, 0.15) is 5.76 Å². The third-order valence-electron chi connectivity index (χ3n) is 2.63. The first-order valence-electron chi connectivity index (χ1n) is 5.24. The summed E-state index contributed by atoms with van der Waals surface area (Å²) < 4.78 is 5.23. The summed E-state index contributed by atoms with van der Waals surface area (Å²) in [5.74, 6) is 1.57. The molecule has 15 heavy (non-hydrogen) atoms. The third-order valence-corrected chi connectivity index (χ3v) is 2.63. The number of hydrogen-bond acceptors (Lipinski definition) is 2. The van der Waals surface area contributed by atoms with Crippen LogP contribution in [-0.4, -0.2) is 23.9 Å². The zero-order valence-electron chi connectivity index (χ0n) is 9.23. The van der Waals surface area contributed by atoms with Crippen LogP contribution >= 0.6 is 0 Å². The average molecular weight is 207 g/mol. The topological polar surface area (TPSA) is 54.8 Å². The van der Waals surface area contributed by atoms with Crippen LogP contribution in [0, 0.1) is 6.92 Å². The molecule has 1 heterocycles. The van der Waals surface area contributed by atoms with Gasteiger partial charge in [-0.25, -0.2) is 4.99 Å². The molecule has 0 radical (unpaired) electrons. The molecule has 2 rings (SSSR count). The lowest BCUT2D eigenvalue weighted by Crippen LogP contribution is -2.33. The highest BCUT2D eigenvalue weighted by atomic mass is 16.3. The Morgan fingerprint density at radius 3 is 2.93 bits per heavy atom. The Bertz CT molecular complexity index is 366. The molecule has 2 N–H and O–H groups in total. The largest absolute Gasteiger partial charge is 0.469 e. The number of nitrogens with two attached hydrogens (primary N) is 1. The van der Waals surface area contributed by atoms with Gasteiger partial charge in [-0.2, -0.15) is 0 Å². The molecule has 0 bridgehead atoms. The third kappa shape index (κ3) is 2.52. The fourth-order valence-corrected chi connectivity index (χ4v) is 1.40. The van der Waals surface area contributed by atoms with Crippen molar-refractivity contribution in [3.8, 4) is 0 Å². The second kappa shape index (κ2) is 3.96. The quantitative estimate of drug-likeness (QED) is 0.603. The SMILES string of the molecule is Cc1occc1CN(C)C(N)=NC1CC1. The molecule has 4 heteroatoms. The number of aryl methyl sites for hydroxylation is 1. The molecule has 1 aromatic heterocycles. The fourth-order valence-electron chi connectivity index (χ4n) is 1.40. The highest BCUT2D eigenvalue weighted by molar-refractivity contribution is 5.78. The van der Waals surface area contributed by atoms with Gasteiger partial charge in [0.2, 0.25) is 0 Å². The minimum atomic E-state index is 0.470. The summed E-state index contributed by atoms with van der Waals surface area (Å²) in [6.45, 7) is 2.71. The summed E-state index contributed by atoms with van der Waals surface area (Å²) >= 11 is 0. The number of rotatable bonds is 3. The molecular formula is C11H17N3O. The van der Waals surface area contributed by atoms with E-state index in [0.29, 0.717) is 12.0 Å². The summed E-state index contributed by atoms with van der Waals surface area (Å²) in [5.41, 5.74) is 7.03. The van der Waals surface area contributed by atoms with E-state index in [0.717, 1.165) is 17.9 Å². The number of furan rings is 1. The first-order valence-corrected chi connectivity index (χ1v) is 5.24. The number of guanidine groups is 1. The van der Waals surface area contributed by atoms with Gasteiger partial charge in [-0.3, -0.25) is 0 Å². The lowest BCUT2D eigenvalue weighted by atomic mass is 10.2. The fraction of sp³-hybridized carbons (Fsp3) is 0.545. The molecule has 0 aliphatic heterocycles. The summed E-state index contributed by atoms with van der Waals surface area (Å²) in [5, 5.41) is 0. The molecule has 4 nitrogen and oxygen atoms in total. The van der Waals surface area contributed by atoms with Gasteiger partial charge in [0.25, 0.3) is 0 Å². The van der Waals surface area contributed by atoms with Crippen LogP contribution in [0.4, 0.5) is 0 Å². The maximum Gasteiger partial charge on any atom is 0.191 e. The Balaban J connectivity index is 1.96.